The lowest BCUT2D eigenvalue weighted by molar-refractivity contribution is 0.238. The highest BCUT2D eigenvalue weighted by molar-refractivity contribution is 6.03. The van der Waals surface area contributed by atoms with Crippen molar-refractivity contribution in [1.29, 1.82) is 0 Å². The number of aromatic hydroxyl groups is 1. The minimum atomic E-state index is 0.123. The van der Waals surface area contributed by atoms with E-state index in [9.17, 15) is 5.11 Å². The van der Waals surface area contributed by atoms with Crippen molar-refractivity contribution < 1.29 is 9.84 Å². The molecule has 0 spiro atoms. The van der Waals surface area contributed by atoms with Crippen LogP contribution < -0.4 is 4.74 Å². The third kappa shape index (κ3) is 4.78. The van der Waals surface area contributed by atoms with Gasteiger partial charge in [0.25, 0.3) is 0 Å². The van der Waals surface area contributed by atoms with E-state index in [1.54, 1.807) is 6.21 Å². The van der Waals surface area contributed by atoms with Crippen LogP contribution in [-0.4, -0.2) is 47.4 Å². The first-order valence-corrected chi connectivity index (χ1v) is 11.6. The molecule has 1 aromatic heterocycles. The second-order valence-corrected chi connectivity index (χ2v) is 8.61. The summed E-state index contributed by atoms with van der Waals surface area (Å²) in [4.78, 5) is 10.1. The molecule has 2 N–H and O–H groups in total. The number of hydrogen-bond acceptors (Lipinski definition) is 4. The van der Waals surface area contributed by atoms with Crippen LogP contribution in [0, 0.1) is 6.92 Å². The zero-order chi connectivity index (χ0) is 22.6. The van der Waals surface area contributed by atoms with Crippen LogP contribution in [-0.2, 0) is 0 Å². The van der Waals surface area contributed by atoms with Crippen molar-refractivity contribution in [3.05, 3.63) is 77.9 Å². The summed E-state index contributed by atoms with van der Waals surface area (Å²) in [5, 5.41) is 11.4. The summed E-state index contributed by atoms with van der Waals surface area (Å²) in [7, 11) is 0. The summed E-state index contributed by atoms with van der Waals surface area (Å²) in [6.45, 7) is 6.16. The summed E-state index contributed by atoms with van der Waals surface area (Å²) in [6.07, 6.45) is 4.31. The number of aromatic nitrogens is 1. The van der Waals surface area contributed by atoms with Gasteiger partial charge < -0.3 is 14.8 Å². The van der Waals surface area contributed by atoms with Crippen LogP contribution in [0.1, 0.15) is 24.0 Å². The van der Waals surface area contributed by atoms with Gasteiger partial charge in [0.05, 0.1) is 11.3 Å². The maximum Gasteiger partial charge on any atom is 0.198 e. The van der Waals surface area contributed by atoms with Gasteiger partial charge in [0.2, 0.25) is 0 Å². The molecule has 1 aliphatic heterocycles. The molecule has 0 unspecified atom stereocenters. The van der Waals surface area contributed by atoms with Crippen molar-refractivity contribution in [2.24, 2.45) is 4.99 Å². The molecular weight excluding hydrogens is 410 g/mol. The third-order valence-electron chi connectivity index (χ3n) is 6.33. The molecule has 5 rings (SSSR count). The van der Waals surface area contributed by atoms with E-state index in [-0.39, 0.29) is 5.88 Å². The van der Waals surface area contributed by atoms with Crippen molar-refractivity contribution in [3.63, 3.8) is 0 Å². The monoisotopic (exact) mass is 439 g/mol. The second-order valence-electron chi connectivity index (χ2n) is 8.61. The van der Waals surface area contributed by atoms with Crippen molar-refractivity contribution in [2.75, 3.05) is 26.2 Å². The van der Waals surface area contributed by atoms with Gasteiger partial charge in [-0.2, -0.15) is 0 Å². The van der Waals surface area contributed by atoms with Crippen LogP contribution in [0.2, 0.25) is 0 Å². The largest absolute Gasteiger partial charge is 0.494 e. The molecule has 4 aromatic rings. The summed E-state index contributed by atoms with van der Waals surface area (Å²) >= 11 is 0. The minimum Gasteiger partial charge on any atom is -0.494 e. The fourth-order valence-electron chi connectivity index (χ4n) is 4.47. The van der Waals surface area contributed by atoms with Gasteiger partial charge in [-0.05, 0) is 79.9 Å². The lowest BCUT2D eigenvalue weighted by Gasteiger charge is -2.14. The molecule has 2 heterocycles. The Morgan fingerprint density at radius 1 is 1.03 bits per heavy atom. The number of fused-ring (bicyclic) bond motifs is 1. The molecule has 1 aliphatic rings. The fraction of sp³-hybridized carbons (Fsp3) is 0.250. The van der Waals surface area contributed by atoms with E-state index in [1.165, 1.54) is 37.1 Å². The molecule has 0 bridgehead atoms. The van der Waals surface area contributed by atoms with Crippen LogP contribution in [0.4, 0.5) is 5.69 Å². The number of hydrogen-bond donors (Lipinski definition) is 2. The molecule has 0 aliphatic carbocycles. The van der Waals surface area contributed by atoms with Crippen molar-refractivity contribution >= 4 is 22.8 Å². The number of benzene rings is 3. The SMILES string of the molecule is Cc1ccccc1-c1ccc2c(C=Nc3ccc(OCCN4CCCC4)cc3)c(O)[nH]c2c1. The van der Waals surface area contributed by atoms with Crippen LogP contribution in [0.25, 0.3) is 22.0 Å². The predicted molar refractivity (Wildman–Crippen MR) is 135 cm³/mol. The highest BCUT2D eigenvalue weighted by Gasteiger charge is 2.12. The van der Waals surface area contributed by atoms with Gasteiger partial charge in [-0.3, -0.25) is 9.89 Å². The van der Waals surface area contributed by atoms with E-state index in [0.29, 0.717) is 12.2 Å². The van der Waals surface area contributed by atoms with Gasteiger partial charge in [0.1, 0.15) is 12.4 Å². The first kappa shape index (κ1) is 21.3. The van der Waals surface area contributed by atoms with Crippen LogP contribution >= 0.6 is 0 Å². The van der Waals surface area contributed by atoms with Gasteiger partial charge >= 0.3 is 0 Å². The Kier molecular flexibility index (Phi) is 6.13. The normalized spacial score (nSPS) is 14.5. The minimum absolute atomic E-state index is 0.123. The Hall–Kier alpha value is -3.57. The average molecular weight is 440 g/mol. The maximum atomic E-state index is 10.5. The molecule has 1 saturated heterocycles. The number of ether oxygens (including phenoxy) is 1. The Balaban J connectivity index is 1.28. The molecule has 0 atom stereocenters. The zero-order valence-corrected chi connectivity index (χ0v) is 18.9. The number of nitrogens with zero attached hydrogens (tertiary/aromatic N) is 2. The topological polar surface area (TPSA) is 60.9 Å². The second kappa shape index (κ2) is 9.51. The van der Waals surface area contributed by atoms with Gasteiger partial charge in [-0.15, -0.1) is 0 Å². The quantitative estimate of drug-likeness (QED) is 0.343. The third-order valence-corrected chi connectivity index (χ3v) is 6.33. The number of rotatable bonds is 7. The van der Waals surface area contributed by atoms with Gasteiger partial charge in [0, 0.05) is 23.7 Å². The van der Waals surface area contributed by atoms with Gasteiger partial charge in [-0.1, -0.05) is 36.4 Å². The Bertz CT molecular complexity index is 1270. The van der Waals surface area contributed by atoms with Crippen molar-refractivity contribution in [1.82, 2.24) is 9.88 Å². The molecule has 0 saturated carbocycles. The van der Waals surface area contributed by atoms with E-state index >= 15 is 0 Å². The maximum absolute atomic E-state index is 10.5. The van der Waals surface area contributed by atoms with Crippen LogP contribution in [0.15, 0.2) is 71.7 Å². The number of aliphatic imine (C=N–C) groups is 1. The van der Waals surface area contributed by atoms with Crippen LogP contribution in [0.5, 0.6) is 11.6 Å². The molecule has 3 aromatic carbocycles. The lowest BCUT2D eigenvalue weighted by atomic mass is 9.99. The Morgan fingerprint density at radius 2 is 1.82 bits per heavy atom. The molecule has 168 valence electrons. The fourth-order valence-corrected chi connectivity index (χ4v) is 4.47. The molecule has 5 heteroatoms. The molecule has 0 amide bonds. The van der Waals surface area contributed by atoms with Gasteiger partial charge in [-0.25, -0.2) is 0 Å². The molecular formula is C28H29N3O2. The number of H-pyrrole nitrogens is 1. The van der Waals surface area contributed by atoms with Crippen molar-refractivity contribution in [2.45, 2.75) is 19.8 Å². The molecule has 0 radical (unpaired) electrons. The summed E-state index contributed by atoms with van der Waals surface area (Å²) < 4.78 is 5.87. The first-order valence-electron chi connectivity index (χ1n) is 11.6. The zero-order valence-electron chi connectivity index (χ0n) is 18.9. The summed E-state index contributed by atoms with van der Waals surface area (Å²) in [5.41, 5.74) is 5.91. The highest BCUT2D eigenvalue weighted by Crippen LogP contribution is 2.31. The highest BCUT2D eigenvalue weighted by atomic mass is 16.5. The predicted octanol–water partition coefficient (Wildman–Crippen LogP) is 6.07. The molecule has 1 fully saturated rings. The van der Waals surface area contributed by atoms with Crippen LogP contribution in [0.3, 0.4) is 0 Å². The average Bonchev–Trinajstić information content (AvgIpc) is 3.45. The smallest absolute Gasteiger partial charge is 0.198 e. The lowest BCUT2D eigenvalue weighted by Crippen LogP contribution is -2.25. The molecule has 33 heavy (non-hydrogen) atoms. The van der Waals surface area contributed by atoms with E-state index in [1.807, 2.05) is 42.5 Å². The van der Waals surface area contributed by atoms with E-state index < -0.39 is 0 Å². The van der Waals surface area contributed by atoms with E-state index in [0.717, 1.165) is 34.4 Å². The van der Waals surface area contributed by atoms with E-state index in [2.05, 4.69) is 46.1 Å². The number of aromatic amines is 1. The Morgan fingerprint density at radius 3 is 2.61 bits per heavy atom. The molecule has 5 nitrogen and oxygen atoms in total. The van der Waals surface area contributed by atoms with Gasteiger partial charge in [0.15, 0.2) is 5.88 Å². The standard InChI is InChI=1S/C28H29N3O2/c1-20-6-2-3-7-24(20)21-8-13-25-26(28(32)30-27(25)18-21)19-29-22-9-11-23(12-10-22)33-17-16-31-14-4-5-15-31/h2-3,6-13,18-19,30,32H,4-5,14-17H2,1H3. The summed E-state index contributed by atoms with van der Waals surface area (Å²) in [6, 6.07) is 22.3. The summed E-state index contributed by atoms with van der Waals surface area (Å²) in [5.74, 6) is 0.976. The number of nitrogens with one attached hydrogen (secondary N) is 1. The van der Waals surface area contributed by atoms with Crippen molar-refractivity contribution in [3.8, 4) is 22.8 Å². The number of likely N-dealkylation sites (tertiary alicyclic amines) is 1. The number of aryl methyl sites for hydroxylation is 1. The van der Waals surface area contributed by atoms with E-state index in [4.69, 9.17) is 4.74 Å². The Labute approximate surface area is 194 Å². The first-order chi connectivity index (χ1) is 16.2.